The van der Waals surface area contributed by atoms with Crippen LogP contribution in [0.4, 0.5) is 0 Å². The number of rotatable bonds is 6. The summed E-state index contributed by atoms with van der Waals surface area (Å²) in [7, 11) is 0. The quantitative estimate of drug-likeness (QED) is 0.337. The fourth-order valence-electron chi connectivity index (χ4n) is 0.532. The van der Waals surface area contributed by atoms with Gasteiger partial charge in [0.1, 0.15) is 6.26 Å². The molecule has 3 N–H and O–H groups in total. The summed E-state index contributed by atoms with van der Waals surface area (Å²) in [5.41, 5.74) is -0.433. The molecule has 0 rings (SSSR count). The first-order valence-electron chi connectivity index (χ1n) is 3.83. The molecular formula is C9H8O7. The van der Waals surface area contributed by atoms with Crippen LogP contribution < -0.4 is 0 Å². The molecule has 0 aliphatic heterocycles. The van der Waals surface area contributed by atoms with Crippen LogP contribution in [0.1, 0.15) is 0 Å². The molecule has 0 radical (unpaired) electrons. The van der Waals surface area contributed by atoms with E-state index in [2.05, 4.69) is 4.74 Å². The summed E-state index contributed by atoms with van der Waals surface area (Å²) in [5.74, 6) is -3.97. The second kappa shape index (κ2) is 6.82. The Morgan fingerprint density at radius 3 is 1.88 bits per heavy atom. The van der Waals surface area contributed by atoms with Crippen molar-refractivity contribution >= 4 is 17.9 Å². The van der Waals surface area contributed by atoms with Crippen LogP contribution in [0.15, 0.2) is 36.3 Å². The minimum atomic E-state index is -1.40. The first kappa shape index (κ1) is 13.4. The molecule has 0 fully saturated rings. The van der Waals surface area contributed by atoms with Crippen molar-refractivity contribution in [2.75, 3.05) is 0 Å². The van der Waals surface area contributed by atoms with Gasteiger partial charge in [0.15, 0.2) is 0 Å². The molecule has 7 nitrogen and oxygen atoms in total. The van der Waals surface area contributed by atoms with Crippen LogP contribution in [0.2, 0.25) is 0 Å². The van der Waals surface area contributed by atoms with Crippen LogP contribution >= 0.6 is 0 Å². The normalized spacial score (nSPS) is 11.9. The van der Waals surface area contributed by atoms with Gasteiger partial charge < -0.3 is 20.1 Å². The molecule has 0 aromatic heterocycles. The Labute approximate surface area is 89.6 Å². The molecule has 86 valence electrons. The first-order valence-corrected chi connectivity index (χ1v) is 3.83. The highest BCUT2D eigenvalue weighted by Crippen LogP contribution is 1.98. The largest absolute Gasteiger partial charge is 0.478 e. The van der Waals surface area contributed by atoms with Crippen LogP contribution in [0.5, 0.6) is 0 Å². The predicted molar refractivity (Wildman–Crippen MR) is 50.4 cm³/mol. The molecule has 0 aromatic rings. The van der Waals surface area contributed by atoms with E-state index >= 15 is 0 Å². The Balaban J connectivity index is 4.54. The summed E-state index contributed by atoms with van der Waals surface area (Å²) in [6, 6.07) is 0. The van der Waals surface area contributed by atoms with Gasteiger partial charge in [0.2, 0.25) is 0 Å². The highest BCUT2D eigenvalue weighted by atomic mass is 16.5. The minimum absolute atomic E-state index is 0.433. The van der Waals surface area contributed by atoms with Crippen molar-refractivity contribution in [3.8, 4) is 0 Å². The van der Waals surface area contributed by atoms with Gasteiger partial charge in [-0.2, -0.15) is 0 Å². The molecule has 16 heavy (non-hydrogen) atoms. The van der Waals surface area contributed by atoms with Gasteiger partial charge in [-0.1, -0.05) is 0 Å². The maximum atomic E-state index is 10.5. The Kier molecular flexibility index (Phi) is 5.73. The monoisotopic (exact) mass is 228 g/mol. The van der Waals surface area contributed by atoms with Crippen LogP contribution in [0.3, 0.4) is 0 Å². The number of carboxylic acids is 3. The number of carboxylic acid groups (broad SMARTS) is 3. The SMILES string of the molecule is O=C(O)C=COC=C(C=CC(=O)O)C(=O)O. The smallest absolute Gasteiger partial charge is 0.338 e. The van der Waals surface area contributed by atoms with E-state index in [1.54, 1.807) is 0 Å². The molecule has 0 bridgehead atoms. The number of aliphatic carboxylic acids is 3. The molecular weight excluding hydrogens is 220 g/mol. The van der Waals surface area contributed by atoms with Gasteiger partial charge in [-0.05, 0) is 6.08 Å². The van der Waals surface area contributed by atoms with Crippen molar-refractivity contribution in [2.24, 2.45) is 0 Å². The van der Waals surface area contributed by atoms with Crippen LogP contribution in [-0.4, -0.2) is 33.2 Å². The zero-order valence-electron chi connectivity index (χ0n) is 7.86. The summed E-state index contributed by atoms with van der Waals surface area (Å²) in [5, 5.41) is 25.0. The molecule has 0 spiro atoms. The fourth-order valence-corrected chi connectivity index (χ4v) is 0.532. The van der Waals surface area contributed by atoms with Gasteiger partial charge in [-0.15, -0.1) is 0 Å². The topological polar surface area (TPSA) is 121 Å². The summed E-state index contributed by atoms with van der Waals surface area (Å²) >= 11 is 0. The Morgan fingerprint density at radius 2 is 1.44 bits per heavy atom. The van der Waals surface area contributed by atoms with Crippen LogP contribution in [0.25, 0.3) is 0 Å². The van der Waals surface area contributed by atoms with Gasteiger partial charge in [0, 0.05) is 6.08 Å². The number of ether oxygens (including phenoxy) is 1. The third-order valence-electron chi connectivity index (χ3n) is 1.14. The molecule has 0 amide bonds. The highest BCUT2D eigenvalue weighted by Gasteiger charge is 2.03. The van der Waals surface area contributed by atoms with E-state index in [-0.39, 0.29) is 0 Å². The average Bonchev–Trinajstić information content (AvgIpc) is 2.15. The third kappa shape index (κ3) is 6.89. The lowest BCUT2D eigenvalue weighted by Crippen LogP contribution is -1.99. The molecule has 0 atom stereocenters. The van der Waals surface area contributed by atoms with Gasteiger partial charge in [0.25, 0.3) is 0 Å². The molecule has 0 aromatic carbocycles. The maximum absolute atomic E-state index is 10.5. The van der Waals surface area contributed by atoms with Crippen LogP contribution in [-0.2, 0) is 19.1 Å². The summed E-state index contributed by atoms with van der Waals surface area (Å²) in [6.07, 6.45) is 3.53. The lowest BCUT2D eigenvalue weighted by molar-refractivity contribution is -0.132. The van der Waals surface area contributed by atoms with E-state index in [0.717, 1.165) is 12.3 Å². The van der Waals surface area contributed by atoms with Crippen molar-refractivity contribution in [1.82, 2.24) is 0 Å². The zero-order chi connectivity index (χ0) is 12.6. The summed E-state index contributed by atoms with van der Waals surface area (Å²) in [4.78, 5) is 30.6. The van der Waals surface area contributed by atoms with Gasteiger partial charge in [-0.3, -0.25) is 0 Å². The number of hydrogen-bond donors (Lipinski definition) is 3. The van der Waals surface area contributed by atoms with Crippen molar-refractivity contribution in [2.45, 2.75) is 0 Å². The molecule has 0 saturated heterocycles. The molecule has 0 aliphatic carbocycles. The van der Waals surface area contributed by atoms with E-state index in [9.17, 15) is 14.4 Å². The molecule has 0 aliphatic rings. The maximum Gasteiger partial charge on any atom is 0.338 e. The fraction of sp³-hybridized carbons (Fsp3) is 0. The summed E-state index contributed by atoms with van der Waals surface area (Å²) in [6.45, 7) is 0. The van der Waals surface area contributed by atoms with E-state index in [1.165, 1.54) is 0 Å². The number of hydrogen-bond acceptors (Lipinski definition) is 4. The molecule has 0 saturated carbocycles. The zero-order valence-corrected chi connectivity index (χ0v) is 7.86. The second-order valence-corrected chi connectivity index (χ2v) is 2.33. The minimum Gasteiger partial charge on any atom is -0.478 e. The van der Waals surface area contributed by atoms with Crippen molar-refractivity contribution in [3.63, 3.8) is 0 Å². The first-order chi connectivity index (χ1) is 7.43. The standard InChI is InChI=1S/C9H8O7/c10-7(11)2-1-6(9(14)15)5-16-4-3-8(12)13/h1-5H,(H,10,11)(H,12,13)(H,14,15). The van der Waals surface area contributed by atoms with Crippen molar-refractivity contribution in [1.29, 1.82) is 0 Å². The van der Waals surface area contributed by atoms with Crippen molar-refractivity contribution in [3.05, 3.63) is 36.3 Å². The van der Waals surface area contributed by atoms with Gasteiger partial charge in [0.05, 0.1) is 17.9 Å². The predicted octanol–water partition coefficient (Wildman–Crippen LogP) is 0.211. The highest BCUT2D eigenvalue weighted by molar-refractivity contribution is 5.92. The van der Waals surface area contributed by atoms with Gasteiger partial charge in [-0.25, -0.2) is 14.4 Å². The molecule has 0 heterocycles. The molecule has 0 unspecified atom stereocenters. The van der Waals surface area contributed by atoms with E-state index < -0.39 is 23.5 Å². The third-order valence-corrected chi connectivity index (χ3v) is 1.14. The second-order valence-electron chi connectivity index (χ2n) is 2.33. The average molecular weight is 228 g/mol. The van der Waals surface area contributed by atoms with E-state index in [0.29, 0.717) is 18.4 Å². The van der Waals surface area contributed by atoms with Crippen molar-refractivity contribution < 1.29 is 34.4 Å². The lowest BCUT2D eigenvalue weighted by Gasteiger charge is -1.94. The lowest BCUT2D eigenvalue weighted by atomic mass is 10.3. The van der Waals surface area contributed by atoms with Crippen LogP contribution in [0, 0.1) is 0 Å². The Hall–Kier alpha value is -2.57. The Bertz CT molecular complexity index is 375. The summed E-state index contributed by atoms with van der Waals surface area (Å²) < 4.78 is 4.45. The van der Waals surface area contributed by atoms with Gasteiger partial charge >= 0.3 is 17.9 Å². The molecule has 7 heteroatoms. The van der Waals surface area contributed by atoms with E-state index in [4.69, 9.17) is 15.3 Å². The number of carbonyl (C=O) groups is 3. The van der Waals surface area contributed by atoms with E-state index in [1.807, 2.05) is 0 Å². The Morgan fingerprint density at radius 1 is 0.875 bits per heavy atom.